The van der Waals surface area contributed by atoms with Crippen molar-refractivity contribution in [1.29, 1.82) is 0 Å². The predicted octanol–water partition coefficient (Wildman–Crippen LogP) is 3.54. The van der Waals surface area contributed by atoms with Gasteiger partial charge in [0.1, 0.15) is 0 Å². The molecule has 0 aliphatic heterocycles. The van der Waals surface area contributed by atoms with E-state index in [0.717, 1.165) is 51.4 Å². The predicted molar refractivity (Wildman–Crippen MR) is 71.9 cm³/mol. The zero-order valence-electron chi connectivity index (χ0n) is 11.3. The zero-order chi connectivity index (χ0) is 13.1. The molecule has 0 spiro atoms. The molecule has 4 nitrogen and oxygen atoms in total. The van der Waals surface area contributed by atoms with Crippen molar-refractivity contribution >= 4 is 7.75 Å². The molecule has 2 N–H and O–H groups in total. The van der Waals surface area contributed by atoms with Gasteiger partial charge in [0.25, 0.3) is 0 Å². The molecule has 0 unspecified atom stereocenters. The van der Waals surface area contributed by atoms with Crippen molar-refractivity contribution in [2.45, 2.75) is 65.2 Å². The van der Waals surface area contributed by atoms with Crippen LogP contribution < -0.4 is 0 Å². The van der Waals surface area contributed by atoms with Crippen molar-refractivity contribution in [1.82, 2.24) is 4.67 Å². The maximum Gasteiger partial charge on any atom is 0.402 e. The highest BCUT2D eigenvalue weighted by Crippen LogP contribution is 2.40. The van der Waals surface area contributed by atoms with Crippen LogP contribution in [0.2, 0.25) is 0 Å². The fourth-order valence-electron chi connectivity index (χ4n) is 1.81. The average molecular weight is 265 g/mol. The molecule has 0 aromatic heterocycles. The summed E-state index contributed by atoms with van der Waals surface area (Å²) in [4.78, 5) is 18.5. The van der Waals surface area contributed by atoms with Crippen LogP contribution in [0.15, 0.2) is 0 Å². The Hall–Kier alpha value is 0.110. The maximum atomic E-state index is 11.3. The van der Waals surface area contributed by atoms with Crippen LogP contribution in [0.5, 0.6) is 0 Å². The first-order valence-electron chi connectivity index (χ1n) is 6.83. The summed E-state index contributed by atoms with van der Waals surface area (Å²) >= 11 is 0. The van der Waals surface area contributed by atoms with Gasteiger partial charge in [-0.15, -0.1) is 0 Å². The minimum Gasteiger partial charge on any atom is -0.312 e. The van der Waals surface area contributed by atoms with E-state index in [1.165, 1.54) is 4.67 Å². The molecule has 104 valence electrons. The maximum absolute atomic E-state index is 11.3. The molecule has 0 fully saturated rings. The van der Waals surface area contributed by atoms with Crippen molar-refractivity contribution in [2.75, 3.05) is 13.1 Å². The summed E-state index contributed by atoms with van der Waals surface area (Å²) in [5.74, 6) is 0. The third kappa shape index (κ3) is 9.78. The highest BCUT2D eigenvalue weighted by atomic mass is 31.2. The van der Waals surface area contributed by atoms with E-state index >= 15 is 0 Å². The summed E-state index contributed by atoms with van der Waals surface area (Å²) in [6.07, 6.45) is 8.46. The van der Waals surface area contributed by atoms with Crippen LogP contribution >= 0.6 is 7.75 Å². The van der Waals surface area contributed by atoms with Crippen LogP contribution in [0.1, 0.15) is 65.2 Å². The lowest BCUT2D eigenvalue weighted by Crippen LogP contribution is -2.22. The van der Waals surface area contributed by atoms with Crippen molar-refractivity contribution in [2.24, 2.45) is 0 Å². The Morgan fingerprint density at radius 3 is 1.53 bits per heavy atom. The third-order valence-corrected chi connectivity index (χ3v) is 4.04. The van der Waals surface area contributed by atoms with Gasteiger partial charge in [-0.05, 0) is 12.8 Å². The molecule has 0 aliphatic carbocycles. The first-order valence-corrected chi connectivity index (χ1v) is 8.39. The molecule has 0 saturated heterocycles. The lowest BCUT2D eigenvalue weighted by atomic mass is 10.2. The topological polar surface area (TPSA) is 60.8 Å². The summed E-state index contributed by atoms with van der Waals surface area (Å²) in [7, 11) is -4.04. The summed E-state index contributed by atoms with van der Waals surface area (Å²) < 4.78 is 12.6. The Labute approximate surface area is 106 Å². The number of hydrogen-bond donors (Lipinski definition) is 2. The van der Waals surface area contributed by atoms with Crippen LogP contribution in [0.3, 0.4) is 0 Å². The van der Waals surface area contributed by atoms with Gasteiger partial charge in [0.15, 0.2) is 0 Å². The van der Waals surface area contributed by atoms with Crippen LogP contribution in [0.25, 0.3) is 0 Å². The molecule has 0 atom stereocenters. The molecule has 17 heavy (non-hydrogen) atoms. The second-order valence-electron chi connectivity index (χ2n) is 4.59. The molecule has 0 heterocycles. The average Bonchev–Trinajstić information content (AvgIpc) is 2.25. The smallest absolute Gasteiger partial charge is 0.312 e. The number of rotatable bonds is 11. The van der Waals surface area contributed by atoms with E-state index in [4.69, 9.17) is 0 Å². The highest BCUT2D eigenvalue weighted by Gasteiger charge is 2.23. The minimum atomic E-state index is -4.04. The zero-order valence-corrected chi connectivity index (χ0v) is 12.2. The highest BCUT2D eigenvalue weighted by molar-refractivity contribution is 7.49. The molecule has 5 heteroatoms. The van der Waals surface area contributed by atoms with Crippen LogP contribution in [0.4, 0.5) is 0 Å². The SMILES string of the molecule is CCCCCCN(CCCCCC)P(=O)(O)O. The molecule has 0 saturated carbocycles. The van der Waals surface area contributed by atoms with E-state index in [-0.39, 0.29) is 0 Å². The first kappa shape index (κ1) is 17.1. The molecule has 0 rings (SSSR count). The Morgan fingerprint density at radius 1 is 0.824 bits per heavy atom. The number of nitrogens with zero attached hydrogens (tertiary/aromatic N) is 1. The minimum absolute atomic E-state index is 0.524. The van der Waals surface area contributed by atoms with Gasteiger partial charge in [0.05, 0.1) is 0 Å². The van der Waals surface area contributed by atoms with Crippen LogP contribution in [-0.2, 0) is 4.57 Å². The Bertz CT molecular complexity index is 206. The van der Waals surface area contributed by atoms with Gasteiger partial charge in [-0.3, -0.25) is 0 Å². The van der Waals surface area contributed by atoms with Gasteiger partial charge in [0.2, 0.25) is 0 Å². The fraction of sp³-hybridized carbons (Fsp3) is 1.00. The molecule has 0 radical (unpaired) electrons. The van der Waals surface area contributed by atoms with Crippen molar-refractivity contribution in [3.05, 3.63) is 0 Å². The molecule has 0 aromatic carbocycles. The summed E-state index contributed by atoms with van der Waals surface area (Å²) in [5.41, 5.74) is 0. The van der Waals surface area contributed by atoms with E-state index in [1.54, 1.807) is 0 Å². The summed E-state index contributed by atoms with van der Waals surface area (Å²) in [6.45, 7) is 5.31. The second kappa shape index (κ2) is 10.1. The van der Waals surface area contributed by atoms with Gasteiger partial charge in [-0.2, -0.15) is 0 Å². The monoisotopic (exact) mass is 265 g/mol. The van der Waals surface area contributed by atoms with Gasteiger partial charge in [-0.25, -0.2) is 9.24 Å². The normalized spacial score (nSPS) is 12.3. The number of hydrogen-bond acceptors (Lipinski definition) is 1. The molecular weight excluding hydrogens is 237 g/mol. The Balaban J connectivity index is 3.86. The van der Waals surface area contributed by atoms with Gasteiger partial charge < -0.3 is 9.79 Å². The van der Waals surface area contributed by atoms with E-state index in [9.17, 15) is 14.4 Å². The van der Waals surface area contributed by atoms with Crippen LogP contribution in [-0.4, -0.2) is 27.5 Å². The van der Waals surface area contributed by atoms with Gasteiger partial charge >= 0.3 is 7.75 Å². The molecule has 0 amide bonds. The summed E-state index contributed by atoms with van der Waals surface area (Å²) in [6, 6.07) is 0. The van der Waals surface area contributed by atoms with E-state index in [1.807, 2.05) is 0 Å². The van der Waals surface area contributed by atoms with Crippen molar-refractivity contribution in [3.8, 4) is 0 Å². The molecule has 0 aromatic rings. The molecule has 0 bridgehead atoms. The number of unbranched alkanes of at least 4 members (excludes halogenated alkanes) is 6. The van der Waals surface area contributed by atoms with Crippen LogP contribution in [0, 0.1) is 0 Å². The molecular formula is C12H28NO3P. The van der Waals surface area contributed by atoms with Crippen molar-refractivity contribution < 1.29 is 14.4 Å². The second-order valence-corrected chi connectivity index (χ2v) is 6.18. The fourth-order valence-corrected chi connectivity index (χ4v) is 2.62. The van der Waals surface area contributed by atoms with E-state index in [0.29, 0.717) is 13.1 Å². The lowest BCUT2D eigenvalue weighted by molar-refractivity contribution is 0.262. The summed E-state index contributed by atoms with van der Waals surface area (Å²) in [5, 5.41) is 0. The van der Waals surface area contributed by atoms with E-state index < -0.39 is 7.75 Å². The lowest BCUT2D eigenvalue weighted by Gasteiger charge is -2.22. The molecule has 0 aliphatic rings. The van der Waals surface area contributed by atoms with Gasteiger partial charge in [0, 0.05) is 13.1 Å². The van der Waals surface area contributed by atoms with Crippen molar-refractivity contribution in [3.63, 3.8) is 0 Å². The quantitative estimate of drug-likeness (QED) is 0.443. The third-order valence-electron chi connectivity index (χ3n) is 2.91. The largest absolute Gasteiger partial charge is 0.402 e. The first-order chi connectivity index (χ1) is 8.02. The Kier molecular flexibility index (Phi) is 10.1. The standard InChI is InChI=1S/C12H28NO3P/c1-3-5-7-9-11-13(17(14,15)16)12-10-8-6-4-2/h3-12H2,1-2H3,(H2,14,15,16). The van der Waals surface area contributed by atoms with E-state index in [2.05, 4.69) is 13.8 Å². The Morgan fingerprint density at radius 2 is 1.24 bits per heavy atom. The van der Waals surface area contributed by atoms with Gasteiger partial charge in [-0.1, -0.05) is 52.4 Å².